The van der Waals surface area contributed by atoms with Gasteiger partial charge in [0.25, 0.3) is 5.91 Å². The van der Waals surface area contributed by atoms with Crippen LogP contribution in [0.15, 0.2) is 18.2 Å². The van der Waals surface area contributed by atoms with Gasteiger partial charge in [-0.3, -0.25) is 4.79 Å². The van der Waals surface area contributed by atoms with Gasteiger partial charge in [0.2, 0.25) is 0 Å². The van der Waals surface area contributed by atoms with Crippen LogP contribution in [0.5, 0.6) is 0 Å². The largest absolute Gasteiger partial charge is 0.449 e. The molecule has 6 heteroatoms. The van der Waals surface area contributed by atoms with Gasteiger partial charge in [-0.05, 0) is 44.0 Å². The topological polar surface area (TPSA) is 90.6 Å². The number of nitrogens with one attached hydrogen (secondary N) is 1. The lowest BCUT2D eigenvalue weighted by atomic mass is 10.1. The molecule has 0 saturated heterocycles. The average Bonchev–Trinajstić information content (AvgIpc) is 2.43. The summed E-state index contributed by atoms with van der Waals surface area (Å²) < 4.78 is 10.0. The van der Waals surface area contributed by atoms with E-state index in [1.807, 2.05) is 0 Å². The highest BCUT2D eigenvalue weighted by molar-refractivity contribution is 5.93. The Labute approximate surface area is 124 Å². The van der Waals surface area contributed by atoms with Gasteiger partial charge in [0.15, 0.2) is 6.10 Å². The summed E-state index contributed by atoms with van der Waals surface area (Å²) in [5, 5.41) is 2.68. The first-order valence-electron chi connectivity index (χ1n) is 6.79. The summed E-state index contributed by atoms with van der Waals surface area (Å²) in [7, 11) is 1.60. The van der Waals surface area contributed by atoms with E-state index < -0.39 is 12.1 Å². The van der Waals surface area contributed by atoms with Crippen molar-refractivity contribution in [3.63, 3.8) is 0 Å². The molecule has 0 saturated carbocycles. The number of rotatable bonds is 7. The first-order valence-corrected chi connectivity index (χ1v) is 6.79. The van der Waals surface area contributed by atoms with E-state index in [-0.39, 0.29) is 5.91 Å². The molecule has 0 fully saturated rings. The van der Waals surface area contributed by atoms with Crippen LogP contribution in [0.25, 0.3) is 0 Å². The fourth-order valence-electron chi connectivity index (χ4n) is 1.77. The second-order valence-corrected chi connectivity index (χ2v) is 4.76. The van der Waals surface area contributed by atoms with Crippen LogP contribution in [0.1, 0.15) is 29.3 Å². The number of anilines is 1. The second kappa shape index (κ2) is 8.26. The average molecular weight is 294 g/mol. The molecule has 1 aromatic rings. The highest BCUT2D eigenvalue weighted by Gasteiger charge is 2.19. The molecule has 6 nitrogen and oxygen atoms in total. The zero-order valence-corrected chi connectivity index (χ0v) is 12.6. The molecule has 0 bridgehead atoms. The molecule has 1 rings (SSSR count). The lowest BCUT2D eigenvalue weighted by Gasteiger charge is -2.14. The predicted octanol–water partition coefficient (Wildman–Crippen LogP) is 1.28. The van der Waals surface area contributed by atoms with E-state index in [2.05, 4.69) is 5.32 Å². The number of aryl methyl sites for hydroxylation is 1. The molecular formula is C15H22N2O4. The van der Waals surface area contributed by atoms with E-state index in [1.165, 1.54) is 6.92 Å². The number of benzene rings is 1. The van der Waals surface area contributed by atoms with Crippen molar-refractivity contribution in [1.82, 2.24) is 5.32 Å². The third-order valence-electron chi connectivity index (χ3n) is 2.95. The molecular weight excluding hydrogens is 272 g/mol. The zero-order chi connectivity index (χ0) is 15.8. The van der Waals surface area contributed by atoms with Crippen molar-refractivity contribution >= 4 is 17.6 Å². The van der Waals surface area contributed by atoms with Gasteiger partial charge in [-0.2, -0.15) is 0 Å². The first-order chi connectivity index (χ1) is 9.95. The van der Waals surface area contributed by atoms with Crippen LogP contribution in [0.2, 0.25) is 0 Å². The van der Waals surface area contributed by atoms with Crippen molar-refractivity contribution in [3.8, 4) is 0 Å². The Hall–Kier alpha value is -2.08. The number of ether oxygens (including phenoxy) is 2. The first kappa shape index (κ1) is 17.0. The minimum Gasteiger partial charge on any atom is -0.449 e. The molecule has 0 aliphatic heterocycles. The SMILES string of the molecule is COCCCNC(=O)C(C)OC(=O)c1ccc(N)cc1C. The summed E-state index contributed by atoms with van der Waals surface area (Å²) >= 11 is 0. The third kappa shape index (κ3) is 5.43. The van der Waals surface area contributed by atoms with Gasteiger partial charge in [-0.25, -0.2) is 4.79 Å². The second-order valence-electron chi connectivity index (χ2n) is 4.76. The van der Waals surface area contributed by atoms with Crippen molar-refractivity contribution in [3.05, 3.63) is 29.3 Å². The van der Waals surface area contributed by atoms with Gasteiger partial charge < -0.3 is 20.5 Å². The third-order valence-corrected chi connectivity index (χ3v) is 2.95. The van der Waals surface area contributed by atoms with Gasteiger partial charge in [0, 0.05) is 25.9 Å². The standard InChI is InChI=1S/C15H22N2O4/c1-10-9-12(16)5-6-13(10)15(19)21-11(2)14(18)17-7-4-8-20-3/h5-6,9,11H,4,7-8,16H2,1-3H3,(H,17,18). The van der Waals surface area contributed by atoms with E-state index in [0.717, 1.165) is 0 Å². The van der Waals surface area contributed by atoms with Crippen LogP contribution >= 0.6 is 0 Å². The molecule has 0 spiro atoms. The summed E-state index contributed by atoms with van der Waals surface area (Å²) in [6, 6.07) is 4.90. The van der Waals surface area contributed by atoms with Crippen LogP contribution < -0.4 is 11.1 Å². The number of hydrogen-bond acceptors (Lipinski definition) is 5. The van der Waals surface area contributed by atoms with Crippen molar-refractivity contribution in [1.29, 1.82) is 0 Å². The lowest BCUT2D eigenvalue weighted by molar-refractivity contribution is -0.129. The molecule has 3 N–H and O–H groups in total. The van der Waals surface area contributed by atoms with Crippen molar-refractivity contribution in [2.24, 2.45) is 0 Å². The highest BCUT2D eigenvalue weighted by Crippen LogP contribution is 2.14. The van der Waals surface area contributed by atoms with Crippen LogP contribution in [-0.4, -0.2) is 38.2 Å². The van der Waals surface area contributed by atoms with Crippen molar-refractivity contribution in [2.45, 2.75) is 26.4 Å². The highest BCUT2D eigenvalue weighted by atomic mass is 16.5. The summed E-state index contributed by atoms with van der Waals surface area (Å²) in [5.41, 5.74) is 7.33. The van der Waals surface area contributed by atoms with Crippen LogP contribution in [-0.2, 0) is 14.3 Å². The quantitative estimate of drug-likeness (QED) is 0.449. The molecule has 1 atom stereocenters. The van der Waals surface area contributed by atoms with E-state index in [9.17, 15) is 9.59 Å². The molecule has 1 unspecified atom stereocenters. The fraction of sp³-hybridized carbons (Fsp3) is 0.467. The van der Waals surface area contributed by atoms with Crippen LogP contribution in [0.4, 0.5) is 5.69 Å². The fourth-order valence-corrected chi connectivity index (χ4v) is 1.77. The molecule has 21 heavy (non-hydrogen) atoms. The van der Waals surface area contributed by atoms with E-state index in [1.54, 1.807) is 32.2 Å². The maximum Gasteiger partial charge on any atom is 0.339 e. The summed E-state index contributed by atoms with van der Waals surface area (Å²) in [4.78, 5) is 23.8. The van der Waals surface area contributed by atoms with Crippen LogP contribution in [0, 0.1) is 6.92 Å². The maximum atomic E-state index is 12.0. The Bertz CT molecular complexity index is 502. The molecule has 0 heterocycles. The summed E-state index contributed by atoms with van der Waals surface area (Å²) in [6.45, 7) is 4.35. The number of nitrogen functional groups attached to an aromatic ring is 1. The Kier molecular flexibility index (Phi) is 6.68. The molecule has 1 aromatic carbocycles. The van der Waals surface area contributed by atoms with Gasteiger partial charge in [0.05, 0.1) is 5.56 Å². The smallest absolute Gasteiger partial charge is 0.339 e. The number of carbonyl (C=O) groups excluding carboxylic acids is 2. The number of esters is 1. The molecule has 0 aromatic heterocycles. The minimum absolute atomic E-state index is 0.326. The Morgan fingerprint density at radius 1 is 1.38 bits per heavy atom. The molecule has 0 radical (unpaired) electrons. The summed E-state index contributed by atoms with van der Waals surface area (Å²) in [5.74, 6) is -0.861. The molecule has 0 aliphatic carbocycles. The number of amides is 1. The minimum atomic E-state index is -0.850. The van der Waals surface area contributed by atoms with E-state index in [0.29, 0.717) is 36.4 Å². The summed E-state index contributed by atoms with van der Waals surface area (Å²) in [6.07, 6.45) is -0.142. The Morgan fingerprint density at radius 2 is 2.10 bits per heavy atom. The van der Waals surface area contributed by atoms with Gasteiger partial charge in [-0.15, -0.1) is 0 Å². The normalized spacial score (nSPS) is 11.8. The zero-order valence-electron chi connectivity index (χ0n) is 12.6. The molecule has 116 valence electrons. The van der Waals surface area contributed by atoms with E-state index >= 15 is 0 Å². The van der Waals surface area contributed by atoms with Crippen LogP contribution in [0.3, 0.4) is 0 Å². The Balaban J connectivity index is 2.51. The lowest BCUT2D eigenvalue weighted by Crippen LogP contribution is -2.36. The van der Waals surface area contributed by atoms with Crippen molar-refractivity contribution < 1.29 is 19.1 Å². The number of nitrogens with two attached hydrogens (primary N) is 1. The monoisotopic (exact) mass is 294 g/mol. The molecule has 0 aliphatic rings. The van der Waals surface area contributed by atoms with Gasteiger partial charge in [0.1, 0.15) is 0 Å². The maximum absolute atomic E-state index is 12.0. The van der Waals surface area contributed by atoms with Gasteiger partial charge >= 0.3 is 5.97 Å². The van der Waals surface area contributed by atoms with E-state index in [4.69, 9.17) is 15.2 Å². The van der Waals surface area contributed by atoms with Gasteiger partial charge in [-0.1, -0.05) is 0 Å². The number of methoxy groups -OCH3 is 1. The Morgan fingerprint density at radius 3 is 2.71 bits per heavy atom. The predicted molar refractivity (Wildman–Crippen MR) is 80.0 cm³/mol. The number of hydrogen-bond donors (Lipinski definition) is 2. The number of carbonyl (C=O) groups is 2. The van der Waals surface area contributed by atoms with Crippen molar-refractivity contribution in [2.75, 3.05) is 26.0 Å². The molecule has 1 amide bonds.